The van der Waals surface area contributed by atoms with Crippen LogP contribution >= 0.6 is 11.6 Å². The predicted molar refractivity (Wildman–Crippen MR) is 111 cm³/mol. The molecule has 1 aromatic carbocycles. The van der Waals surface area contributed by atoms with Crippen molar-refractivity contribution in [2.24, 2.45) is 0 Å². The molecule has 0 aliphatic heterocycles. The van der Waals surface area contributed by atoms with E-state index in [9.17, 15) is 0 Å². The zero-order valence-corrected chi connectivity index (χ0v) is 16.4. The van der Waals surface area contributed by atoms with E-state index in [1.165, 1.54) is 5.56 Å². The third-order valence-corrected chi connectivity index (χ3v) is 5.51. The molecular formula is C21H19ClN6. The lowest BCUT2D eigenvalue weighted by atomic mass is 10.1. The summed E-state index contributed by atoms with van der Waals surface area (Å²) in [4.78, 5) is 9.24. The molecule has 1 unspecified atom stereocenters. The number of hydrogen-bond donors (Lipinski definition) is 0. The minimum absolute atomic E-state index is 0.0599. The fraction of sp³-hybridized carbons (Fsp3) is 0.238. The molecular weight excluding hydrogens is 372 g/mol. The number of pyridine rings is 1. The van der Waals surface area contributed by atoms with Crippen molar-refractivity contribution in [3.8, 4) is 0 Å². The van der Waals surface area contributed by atoms with Crippen molar-refractivity contribution in [2.75, 3.05) is 0 Å². The van der Waals surface area contributed by atoms with Gasteiger partial charge in [0, 0.05) is 11.8 Å². The summed E-state index contributed by atoms with van der Waals surface area (Å²) in [7, 11) is 0. The molecule has 0 aliphatic carbocycles. The molecule has 6 nitrogen and oxygen atoms in total. The van der Waals surface area contributed by atoms with Crippen LogP contribution in [0.5, 0.6) is 0 Å². The number of nitrogens with zero attached hydrogens (tertiary/aromatic N) is 6. The van der Waals surface area contributed by atoms with Gasteiger partial charge in [0.1, 0.15) is 5.15 Å². The first-order chi connectivity index (χ1) is 13.7. The second-order valence-electron chi connectivity index (χ2n) is 6.99. The van der Waals surface area contributed by atoms with Crippen molar-refractivity contribution in [1.82, 2.24) is 29.4 Å². The van der Waals surface area contributed by atoms with E-state index < -0.39 is 0 Å². The number of aromatic nitrogens is 6. The number of rotatable bonds is 4. The second-order valence-corrected chi connectivity index (χ2v) is 7.35. The van der Waals surface area contributed by atoms with Crippen LogP contribution in [0.4, 0.5) is 0 Å². The van der Waals surface area contributed by atoms with Crippen molar-refractivity contribution in [3.05, 3.63) is 65.2 Å². The summed E-state index contributed by atoms with van der Waals surface area (Å²) in [6, 6.07) is 10.3. The van der Waals surface area contributed by atoms with Crippen LogP contribution < -0.4 is 0 Å². The van der Waals surface area contributed by atoms with E-state index in [1.54, 1.807) is 6.20 Å². The number of hydrogen-bond acceptors (Lipinski definition) is 4. The Kier molecular flexibility index (Phi) is 4.02. The highest BCUT2D eigenvalue weighted by Gasteiger charge is 2.19. The average molecular weight is 391 g/mol. The van der Waals surface area contributed by atoms with Crippen molar-refractivity contribution >= 4 is 39.2 Å². The Morgan fingerprint density at radius 2 is 1.82 bits per heavy atom. The van der Waals surface area contributed by atoms with E-state index in [-0.39, 0.29) is 6.04 Å². The summed E-state index contributed by atoms with van der Waals surface area (Å²) < 4.78 is 3.82. The van der Waals surface area contributed by atoms with Gasteiger partial charge in [0.15, 0.2) is 11.3 Å². The summed E-state index contributed by atoms with van der Waals surface area (Å²) in [5.74, 6) is 0. The van der Waals surface area contributed by atoms with Crippen LogP contribution in [0.25, 0.3) is 27.6 Å². The van der Waals surface area contributed by atoms with Gasteiger partial charge in [-0.3, -0.25) is 0 Å². The van der Waals surface area contributed by atoms with E-state index in [0.717, 1.165) is 46.0 Å². The first kappa shape index (κ1) is 17.1. The molecule has 0 spiro atoms. The molecule has 0 fully saturated rings. The molecule has 0 saturated carbocycles. The van der Waals surface area contributed by atoms with Gasteiger partial charge in [0.2, 0.25) is 0 Å². The van der Waals surface area contributed by atoms with Crippen molar-refractivity contribution in [2.45, 2.75) is 32.7 Å². The van der Waals surface area contributed by atoms with Gasteiger partial charge in [0.25, 0.3) is 0 Å². The van der Waals surface area contributed by atoms with E-state index in [0.29, 0.717) is 5.15 Å². The topological polar surface area (TPSA) is 60.9 Å². The van der Waals surface area contributed by atoms with Crippen LogP contribution in [0.1, 0.15) is 37.4 Å². The van der Waals surface area contributed by atoms with Crippen LogP contribution in [0.2, 0.25) is 5.15 Å². The number of aryl methyl sites for hydroxylation is 1. The number of benzene rings is 1. The molecule has 140 valence electrons. The quantitative estimate of drug-likeness (QED) is 0.412. The Hall–Kier alpha value is -2.99. The summed E-state index contributed by atoms with van der Waals surface area (Å²) in [5, 5.41) is 11.4. The van der Waals surface area contributed by atoms with E-state index in [1.807, 2.05) is 39.8 Å². The largest absolute Gasteiger partial charge is 0.240 e. The molecule has 0 N–H and O–H groups in total. The minimum atomic E-state index is 0.0599. The minimum Gasteiger partial charge on any atom is -0.240 e. The van der Waals surface area contributed by atoms with Gasteiger partial charge < -0.3 is 0 Å². The van der Waals surface area contributed by atoms with E-state index in [4.69, 9.17) is 11.6 Å². The maximum Gasteiger partial charge on any atom is 0.160 e. The Balaban J connectivity index is 1.79. The molecule has 1 atom stereocenters. The highest BCUT2D eigenvalue weighted by molar-refractivity contribution is 6.35. The van der Waals surface area contributed by atoms with E-state index >= 15 is 0 Å². The fourth-order valence-corrected chi connectivity index (χ4v) is 3.99. The molecule has 0 amide bonds. The summed E-state index contributed by atoms with van der Waals surface area (Å²) in [6.45, 7) is 4.26. The zero-order chi connectivity index (χ0) is 19.3. The van der Waals surface area contributed by atoms with Gasteiger partial charge in [0.05, 0.1) is 34.7 Å². The first-order valence-corrected chi connectivity index (χ1v) is 9.79. The monoisotopic (exact) mass is 390 g/mol. The van der Waals surface area contributed by atoms with Gasteiger partial charge in [-0.25, -0.2) is 19.2 Å². The standard InChI is InChI=1S/C21H19ClN6/c1-3-7-15-10-24-28-18-16(19(22)26-20(15)28)11-23-21-17(18)12-25-27(21)13(2)14-8-5-4-6-9-14/h4-6,8-13H,3,7H2,1-2H3. The molecule has 5 aromatic rings. The van der Waals surface area contributed by atoms with E-state index in [2.05, 4.69) is 46.1 Å². The Bertz CT molecular complexity index is 1300. The lowest BCUT2D eigenvalue weighted by Crippen LogP contribution is -2.09. The lowest BCUT2D eigenvalue weighted by molar-refractivity contribution is 0.579. The first-order valence-electron chi connectivity index (χ1n) is 9.42. The second kappa shape index (κ2) is 6.56. The summed E-state index contributed by atoms with van der Waals surface area (Å²) in [6.07, 6.45) is 7.43. The van der Waals surface area contributed by atoms with Crippen LogP contribution in [-0.2, 0) is 6.42 Å². The molecule has 4 aromatic heterocycles. The molecule has 0 aliphatic rings. The summed E-state index contributed by atoms with van der Waals surface area (Å²) in [5.41, 5.74) is 4.78. The average Bonchev–Trinajstić information content (AvgIpc) is 3.33. The van der Waals surface area contributed by atoms with Crippen LogP contribution in [0, 0.1) is 0 Å². The predicted octanol–water partition coefficient (Wildman–Crippen LogP) is 4.84. The van der Waals surface area contributed by atoms with Crippen molar-refractivity contribution in [1.29, 1.82) is 0 Å². The van der Waals surface area contributed by atoms with Crippen LogP contribution in [0.15, 0.2) is 48.9 Å². The maximum absolute atomic E-state index is 6.51. The van der Waals surface area contributed by atoms with Crippen LogP contribution in [0.3, 0.4) is 0 Å². The van der Waals surface area contributed by atoms with Crippen molar-refractivity contribution in [3.63, 3.8) is 0 Å². The molecule has 0 radical (unpaired) electrons. The van der Waals surface area contributed by atoms with Crippen molar-refractivity contribution < 1.29 is 0 Å². The Labute approximate surface area is 166 Å². The van der Waals surface area contributed by atoms with Gasteiger partial charge in [-0.15, -0.1) is 0 Å². The Morgan fingerprint density at radius 3 is 2.61 bits per heavy atom. The zero-order valence-electron chi connectivity index (χ0n) is 15.7. The molecule has 5 rings (SSSR count). The normalized spacial score (nSPS) is 13.0. The molecule has 0 saturated heterocycles. The van der Waals surface area contributed by atoms with Gasteiger partial charge >= 0.3 is 0 Å². The molecule has 4 heterocycles. The smallest absolute Gasteiger partial charge is 0.160 e. The van der Waals surface area contributed by atoms with Gasteiger partial charge in [-0.05, 0) is 18.9 Å². The van der Waals surface area contributed by atoms with Gasteiger partial charge in [-0.1, -0.05) is 55.3 Å². The van der Waals surface area contributed by atoms with Gasteiger partial charge in [-0.2, -0.15) is 10.2 Å². The number of halogens is 1. The SMILES string of the molecule is CCCc1cnn2c1nc(Cl)c1cnc3c(cnn3C(C)c3ccccc3)c12. The fourth-order valence-electron chi connectivity index (χ4n) is 3.78. The maximum atomic E-state index is 6.51. The highest BCUT2D eigenvalue weighted by atomic mass is 35.5. The third kappa shape index (κ3) is 2.48. The molecule has 28 heavy (non-hydrogen) atoms. The van der Waals surface area contributed by atoms with Crippen LogP contribution in [-0.4, -0.2) is 29.4 Å². The summed E-state index contributed by atoms with van der Waals surface area (Å²) >= 11 is 6.51. The third-order valence-electron chi connectivity index (χ3n) is 5.22. The Morgan fingerprint density at radius 1 is 1.00 bits per heavy atom. The molecule has 7 heteroatoms. The molecule has 0 bridgehead atoms. The number of fused-ring (bicyclic) bond motifs is 5. The lowest BCUT2D eigenvalue weighted by Gasteiger charge is -2.13. The highest BCUT2D eigenvalue weighted by Crippen LogP contribution is 2.31.